The molecule has 0 spiro atoms. The zero-order valence-electron chi connectivity index (χ0n) is 15.0. The van der Waals surface area contributed by atoms with Gasteiger partial charge in [0.05, 0.1) is 10.6 Å². The summed E-state index contributed by atoms with van der Waals surface area (Å²) < 4.78 is 5.91. The van der Waals surface area contributed by atoms with E-state index in [0.717, 1.165) is 17.0 Å². The molecule has 0 unspecified atom stereocenters. The predicted octanol–water partition coefficient (Wildman–Crippen LogP) is 5.49. The molecule has 4 rings (SSSR count). The number of para-hydroxylation sites is 1. The molecule has 0 saturated carbocycles. The summed E-state index contributed by atoms with van der Waals surface area (Å²) in [5, 5.41) is 0.655. The van der Waals surface area contributed by atoms with Crippen LogP contribution in [0.3, 0.4) is 0 Å². The molecule has 1 aromatic heterocycles. The second kappa shape index (κ2) is 7.29. The Balaban J connectivity index is 1.58. The van der Waals surface area contributed by atoms with E-state index in [2.05, 4.69) is 11.9 Å². The molecule has 3 aromatic rings. The van der Waals surface area contributed by atoms with E-state index >= 15 is 0 Å². The SMILES string of the molecule is Cc1ccc(-c2ccc(C=C3SC(=Nc4ccccc4)N(C)C3=O)o2)cc1. The summed E-state index contributed by atoms with van der Waals surface area (Å²) in [4.78, 5) is 19.3. The largest absolute Gasteiger partial charge is 0.457 e. The Hall–Kier alpha value is -3.05. The molecule has 2 aromatic carbocycles. The fraction of sp³-hybridized carbons (Fsp3) is 0.0909. The van der Waals surface area contributed by atoms with Gasteiger partial charge in [-0.25, -0.2) is 4.99 Å². The van der Waals surface area contributed by atoms with Crippen molar-refractivity contribution < 1.29 is 9.21 Å². The first-order valence-electron chi connectivity index (χ1n) is 8.58. The average molecular weight is 374 g/mol. The molecule has 0 N–H and O–H groups in total. The topological polar surface area (TPSA) is 45.8 Å². The number of amidine groups is 1. The maximum Gasteiger partial charge on any atom is 0.266 e. The van der Waals surface area contributed by atoms with E-state index in [1.807, 2.05) is 66.7 Å². The third-order valence-electron chi connectivity index (χ3n) is 4.22. The van der Waals surface area contributed by atoms with Gasteiger partial charge in [0.25, 0.3) is 5.91 Å². The van der Waals surface area contributed by atoms with Crippen LogP contribution in [-0.2, 0) is 4.79 Å². The summed E-state index contributed by atoms with van der Waals surface area (Å²) in [6.45, 7) is 2.05. The molecule has 1 amide bonds. The van der Waals surface area contributed by atoms with Crippen molar-refractivity contribution in [2.75, 3.05) is 7.05 Å². The molecule has 0 radical (unpaired) electrons. The number of hydrogen-bond acceptors (Lipinski definition) is 4. The molecule has 134 valence electrons. The molecule has 0 aliphatic carbocycles. The Kier molecular flexibility index (Phi) is 4.69. The van der Waals surface area contributed by atoms with Gasteiger partial charge in [0.15, 0.2) is 5.17 Å². The Morgan fingerprint density at radius 2 is 1.74 bits per heavy atom. The lowest BCUT2D eigenvalue weighted by molar-refractivity contribution is -0.121. The van der Waals surface area contributed by atoms with Crippen molar-refractivity contribution in [3.8, 4) is 11.3 Å². The van der Waals surface area contributed by atoms with Gasteiger partial charge in [-0.2, -0.15) is 0 Å². The van der Waals surface area contributed by atoms with E-state index in [4.69, 9.17) is 4.42 Å². The number of aryl methyl sites for hydroxylation is 1. The van der Waals surface area contributed by atoms with Gasteiger partial charge in [-0.3, -0.25) is 9.69 Å². The summed E-state index contributed by atoms with van der Waals surface area (Å²) >= 11 is 1.35. The highest BCUT2D eigenvalue weighted by atomic mass is 32.2. The average Bonchev–Trinajstić information content (AvgIpc) is 3.24. The quantitative estimate of drug-likeness (QED) is 0.570. The van der Waals surface area contributed by atoms with Crippen molar-refractivity contribution in [3.05, 3.63) is 83.0 Å². The third-order valence-corrected chi connectivity index (χ3v) is 5.28. The summed E-state index contributed by atoms with van der Waals surface area (Å²) in [7, 11) is 1.73. The number of furan rings is 1. The van der Waals surface area contributed by atoms with E-state index in [1.54, 1.807) is 18.0 Å². The van der Waals surface area contributed by atoms with Crippen LogP contribution in [0.1, 0.15) is 11.3 Å². The van der Waals surface area contributed by atoms with Crippen LogP contribution in [0.5, 0.6) is 0 Å². The number of carbonyl (C=O) groups is 1. The lowest BCUT2D eigenvalue weighted by Gasteiger charge is -2.06. The van der Waals surface area contributed by atoms with Crippen LogP contribution >= 0.6 is 11.8 Å². The highest BCUT2D eigenvalue weighted by Gasteiger charge is 2.30. The van der Waals surface area contributed by atoms with Crippen LogP contribution in [-0.4, -0.2) is 23.0 Å². The summed E-state index contributed by atoms with van der Waals surface area (Å²) in [6.07, 6.45) is 1.77. The van der Waals surface area contributed by atoms with Crippen molar-refractivity contribution in [1.82, 2.24) is 4.90 Å². The predicted molar refractivity (Wildman–Crippen MR) is 111 cm³/mol. The normalized spacial score (nSPS) is 17.3. The number of likely N-dealkylation sites (N-methyl/N-ethyl adjacent to an activating group) is 1. The molecule has 1 aliphatic rings. The molecular weight excluding hydrogens is 356 g/mol. The minimum atomic E-state index is -0.0806. The second-order valence-corrected chi connectivity index (χ2v) is 7.28. The molecular formula is C22H18N2O2S. The molecule has 27 heavy (non-hydrogen) atoms. The molecule has 4 nitrogen and oxygen atoms in total. The van der Waals surface area contributed by atoms with Crippen molar-refractivity contribution in [2.24, 2.45) is 4.99 Å². The number of benzene rings is 2. The zero-order valence-corrected chi connectivity index (χ0v) is 15.9. The molecule has 5 heteroatoms. The molecule has 1 fully saturated rings. The smallest absolute Gasteiger partial charge is 0.266 e. The highest BCUT2D eigenvalue weighted by Crippen LogP contribution is 2.34. The van der Waals surface area contributed by atoms with Gasteiger partial charge in [0.1, 0.15) is 11.5 Å². The van der Waals surface area contributed by atoms with E-state index in [0.29, 0.717) is 15.8 Å². The van der Waals surface area contributed by atoms with Crippen LogP contribution in [0.15, 0.2) is 81.0 Å². The van der Waals surface area contributed by atoms with Gasteiger partial charge in [-0.15, -0.1) is 0 Å². The maximum atomic E-state index is 12.5. The fourth-order valence-electron chi connectivity index (χ4n) is 2.70. The number of thioether (sulfide) groups is 1. The van der Waals surface area contributed by atoms with Crippen molar-refractivity contribution in [3.63, 3.8) is 0 Å². The van der Waals surface area contributed by atoms with Gasteiger partial charge >= 0.3 is 0 Å². The molecule has 1 saturated heterocycles. The lowest BCUT2D eigenvalue weighted by Crippen LogP contribution is -2.23. The first-order valence-corrected chi connectivity index (χ1v) is 9.40. The van der Waals surface area contributed by atoms with Gasteiger partial charge in [-0.05, 0) is 43.0 Å². The lowest BCUT2D eigenvalue weighted by atomic mass is 10.1. The van der Waals surface area contributed by atoms with Gasteiger partial charge < -0.3 is 4.42 Å². The van der Waals surface area contributed by atoms with E-state index < -0.39 is 0 Å². The second-order valence-electron chi connectivity index (χ2n) is 6.27. The number of rotatable bonds is 3. The molecule has 1 aliphatic heterocycles. The Morgan fingerprint density at radius 3 is 2.48 bits per heavy atom. The van der Waals surface area contributed by atoms with Gasteiger partial charge in [-0.1, -0.05) is 48.0 Å². The Bertz CT molecular complexity index is 1030. The van der Waals surface area contributed by atoms with E-state index in [-0.39, 0.29) is 5.91 Å². The van der Waals surface area contributed by atoms with Crippen molar-refractivity contribution >= 4 is 34.6 Å². The first-order chi connectivity index (χ1) is 13.1. The minimum Gasteiger partial charge on any atom is -0.457 e. The zero-order chi connectivity index (χ0) is 18.8. The first kappa shape index (κ1) is 17.4. The Labute approximate surface area is 162 Å². The maximum absolute atomic E-state index is 12.5. The fourth-order valence-corrected chi connectivity index (χ4v) is 3.66. The molecule has 0 atom stereocenters. The minimum absolute atomic E-state index is 0.0806. The number of amides is 1. The van der Waals surface area contributed by atoms with Crippen molar-refractivity contribution in [1.29, 1.82) is 0 Å². The summed E-state index contributed by atoms with van der Waals surface area (Å²) in [5.41, 5.74) is 3.04. The van der Waals surface area contributed by atoms with Gasteiger partial charge in [0.2, 0.25) is 0 Å². The van der Waals surface area contributed by atoms with Crippen LogP contribution in [0.2, 0.25) is 0 Å². The number of carbonyl (C=O) groups excluding carboxylic acids is 1. The van der Waals surface area contributed by atoms with E-state index in [1.165, 1.54) is 17.3 Å². The van der Waals surface area contributed by atoms with Crippen LogP contribution in [0, 0.1) is 6.92 Å². The van der Waals surface area contributed by atoms with Crippen LogP contribution in [0.4, 0.5) is 5.69 Å². The summed E-state index contributed by atoms with van der Waals surface area (Å²) in [6, 6.07) is 21.6. The number of aliphatic imine (C=N–C) groups is 1. The number of nitrogens with zero attached hydrogens (tertiary/aromatic N) is 2. The third kappa shape index (κ3) is 3.73. The summed E-state index contributed by atoms with van der Waals surface area (Å²) in [5.74, 6) is 1.35. The van der Waals surface area contributed by atoms with E-state index in [9.17, 15) is 4.79 Å². The van der Waals surface area contributed by atoms with Crippen molar-refractivity contribution in [2.45, 2.75) is 6.92 Å². The highest BCUT2D eigenvalue weighted by molar-refractivity contribution is 8.18. The standard InChI is InChI=1S/C22H18N2O2S/c1-15-8-10-16(11-9-15)19-13-12-18(26-19)14-20-21(25)24(2)22(27-20)23-17-6-4-3-5-7-17/h3-14H,1-2H3. The molecule has 0 bridgehead atoms. The Morgan fingerprint density at radius 1 is 1.00 bits per heavy atom. The van der Waals surface area contributed by atoms with Crippen LogP contribution < -0.4 is 0 Å². The van der Waals surface area contributed by atoms with Gasteiger partial charge in [0, 0.05) is 18.7 Å². The molecule has 2 heterocycles. The number of hydrogen-bond donors (Lipinski definition) is 0. The monoisotopic (exact) mass is 374 g/mol. The van der Waals surface area contributed by atoms with Crippen LogP contribution in [0.25, 0.3) is 17.4 Å².